The predicted molar refractivity (Wildman–Crippen MR) is 125 cm³/mol. The van der Waals surface area contributed by atoms with Gasteiger partial charge in [-0.05, 0) is 60.9 Å². The molecule has 0 saturated heterocycles. The van der Waals surface area contributed by atoms with E-state index in [1.807, 2.05) is 50.2 Å². The highest BCUT2D eigenvalue weighted by atomic mass is 16.5. The predicted octanol–water partition coefficient (Wildman–Crippen LogP) is 5.31. The maximum absolute atomic E-state index is 13.8. The molecule has 5 rings (SSSR count). The van der Waals surface area contributed by atoms with Crippen molar-refractivity contribution in [2.24, 2.45) is 0 Å². The topological polar surface area (TPSA) is 72.9 Å². The molecule has 1 aliphatic heterocycles. The van der Waals surface area contributed by atoms with Crippen LogP contribution < -0.4 is 10.2 Å². The van der Waals surface area contributed by atoms with Crippen molar-refractivity contribution in [3.05, 3.63) is 111 Å². The van der Waals surface area contributed by atoms with Crippen LogP contribution in [0.2, 0.25) is 0 Å². The maximum Gasteiger partial charge on any atom is 0.291 e. The van der Waals surface area contributed by atoms with Crippen molar-refractivity contribution in [2.45, 2.75) is 26.4 Å². The smallest absolute Gasteiger partial charge is 0.291 e. The Labute approximate surface area is 190 Å². The Morgan fingerprint density at radius 3 is 2.73 bits per heavy atom. The average molecular weight is 441 g/mol. The summed E-state index contributed by atoms with van der Waals surface area (Å²) in [6, 6.07) is 14.1. The van der Waals surface area contributed by atoms with E-state index >= 15 is 0 Å². The molecule has 166 valence electrons. The Bertz CT molecular complexity index is 1430. The summed E-state index contributed by atoms with van der Waals surface area (Å²) in [6.07, 6.45) is 3.22. The molecule has 0 spiro atoms. The molecule has 0 radical (unpaired) electrons. The summed E-state index contributed by atoms with van der Waals surface area (Å²) < 4.78 is 17.3. The molecule has 1 aliphatic rings. The Kier molecular flexibility index (Phi) is 5.13. The van der Waals surface area contributed by atoms with Crippen molar-refractivity contribution in [1.82, 2.24) is 4.90 Å². The van der Waals surface area contributed by atoms with Gasteiger partial charge in [-0.1, -0.05) is 30.9 Å². The zero-order valence-corrected chi connectivity index (χ0v) is 18.5. The van der Waals surface area contributed by atoms with Crippen LogP contribution in [0.15, 0.2) is 81.1 Å². The minimum atomic E-state index is -0.633. The molecule has 4 aromatic rings. The van der Waals surface area contributed by atoms with Crippen LogP contribution in [-0.2, 0) is 6.54 Å². The summed E-state index contributed by atoms with van der Waals surface area (Å²) in [6.45, 7) is 8.05. The molecule has 1 unspecified atom stereocenters. The van der Waals surface area contributed by atoms with Crippen molar-refractivity contribution in [3.63, 3.8) is 0 Å². The number of fused-ring (bicyclic) bond motifs is 2. The fourth-order valence-corrected chi connectivity index (χ4v) is 4.48. The first kappa shape index (κ1) is 20.8. The van der Waals surface area contributed by atoms with E-state index in [1.165, 1.54) is 0 Å². The SMILES string of the molecule is C=CCOc1cccc(C2c3c(oc4c(C)cc(C)cc4c3=O)C(=O)N2Cc2ccco2)c1. The average Bonchev–Trinajstić information content (AvgIpc) is 3.41. The first-order chi connectivity index (χ1) is 16.0. The summed E-state index contributed by atoms with van der Waals surface area (Å²) in [5.74, 6) is 0.976. The van der Waals surface area contributed by atoms with E-state index in [1.54, 1.807) is 29.4 Å². The highest BCUT2D eigenvalue weighted by molar-refractivity contribution is 5.99. The van der Waals surface area contributed by atoms with Gasteiger partial charge in [0.15, 0.2) is 5.43 Å². The molecular weight excluding hydrogens is 418 g/mol. The van der Waals surface area contributed by atoms with Crippen LogP contribution in [0.25, 0.3) is 11.0 Å². The molecule has 1 amide bonds. The van der Waals surface area contributed by atoms with E-state index in [4.69, 9.17) is 13.6 Å². The summed E-state index contributed by atoms with van der Waals surface area (Å²) >= 11 is 0. The number of hydrogen-bond donors (Lipinski definition) is 0. The number of carbonyl (C=O) groups excluding carboxylic acids is 1. The van der Waals surface area contributed by atoms with Crippen molar-refractivity contribution < 1.29 is 18.4 Å². The molecule has 0 fully saturated rings. The number of benzene rings is 2. The van der Waals surface area contributed by atoms with Crippen molar-refractivity contribution in [2.75, 3.05) is 6.61 Å². The number of carbonyl (C=O) groups is 1. The zero-order chi connectivity index (χ0) is 23.1. The highest BCUT2D eigenvalue weighted by Gasteiger charge is 2.43. The van der Waals surface area contributed by atoms with E-state index in [2.05, 4.69) is 6.58 Å². The summed E-state index contributed by atoms with van der Waals surface area (Å²) in [4.78, 5) is 28.9. The summed E-state index contributed by atoms with van der Waals surface area (Å²) in [5.41, 5.74) is 3.12. The third-order valence-electron chi connectivity index (χ3n) is 5.85. The number of furan rings is 1. The third-order valence-corrected chi connectivity index (χ3v) is 5.85. The third kappa shape index (κ3) is 3.53. The zero-order valence-electron chi connectivity index (χ0n) is 18.5. The van der Waals surface area contributed by atoms with E-state index in [0.717, 1.165) is 16.7 Å². The Morgan fingerprint density at radius 2 is 1.97 bits per heavy atom. The second-order valence-corrected chi connectivity index (χ2v) is 8.22. The number of amides is 1. The van der Waals surface area contributed by atoms with E-state index in [-0.39, 0.29) is 23.6 Å². The van der Waals surface area contributed by atoms with Gasteiger partial charge < -0.3 is 18.5 Å². The fraction of sp³-hybridized carbons (Fsp3) is 0.185. The van der Waals surface area contributed by atoms with Crippen LogP contribution in [0.4, 0.5) is 0 Å². The summed E-state index contributed by atoms with van der Waals surface area (Å²) in [7, 11) is 0. The number of rotatable bonds is 6. The molecule has 0 aliphatic carbocycles. The van der Waals surface area contributed by atoms with Crippen molar-refractivity contribution in [3.8, 4) is 5.75 Å². The van der Waals surface area contributed by atoms with Crippen molar-refractivity contribution >= 4 is 16.9 Å². The molecule has 6 nitrogen and oxygen atoms in total. The van der Waals surface area contributed by atoms with Crippen LogP contribution in [0.1, 0.15) is 44.6 Å². The second kappa shape index (κ2) is 8.13. The van der Waals surface area contributed by atoms with Gasteiger partial charge in [-0.3, -0.25) is 9.59 Å². The summed E-state index contributed by atoms with van der Waals surface area (Å²) in [5, 5.41) is 0.475. The first-order valence-corrected chi connectivity index (χ1v) is 10.7. The standard InChI is InChI=1S/C27H23NO5/c1-4-10-31-19-8-5-7-18(14-19)23-22-24(29)21-13-16(2)12-17(3)25(21)33-26(22)27(30)28(23)15-20-9-6-11-32-20/h4-9,11-14,23H,1,10,15H2,2-3H3. The molecule has 1 atom stereocenters. The van der Waals surface area contributed by atoms with Gasteiger partial charge in [0.2, 0.25) is 5.76 Å². The first-order valence-electron chi connectivity index (χ1n) is 10.7. The van der Waals surface area contributed by atoms with Crippen molar-refractivity contribution in [1.29, 1.82) is 0 Å². The lowest BCUT2D eigenvalue weighted by Crippen LogP contribution is -2.29. The minimum absolute atomic E-state index is 0.0772. The van der Waals surface area contributed by atoms with Gasteiger partial charge in [0.1, 0.15) is 23.7 Å². The van der Waals surface area contributed by atoms with Gasteiger partial charge in [-0.25, -0.2) is 0 Å². The largest absolute Gasteiger partial charge is 0.490 e. The second-order valence-electron chi connectivity index (χ2n) is 8.22. The van der Waals surface area contributed by atoms with Gasteiger partial charge in [0.25, 0.3) is 5.91 Å². The monoisotopic (exact) mass is 441 g/mol. The van der Waals surface area contributed by atoms with Crippen LogP contribution in [-0.4, -0.2) is 17.4 Å². The number of aryl methyl sites for hydroxylation is 2. The normalized spacial score (nSPS) is 15.2. The lowest BCUT2D eigenvalue weighted by molar-refractivity contribution is 0.0701. The minimum Gasteiger partial charge on any atom is -0.490 e. The van der Waals surface area contributed by atoms with Crippen LogP contribution >= 0.6 is 0 Å². The molecule has 0 saturated carbocycles. The Morgan fingerprint density at radius 1 is 1.12 bits per heavy atom. The molecule has 0 bridgehead atoms. The molecule has 2 aromatic carbocycles. The van der Waals surface area contributed by atoms with Gasteiger partial charge in [-0.2, -0.15) is 0 Å². The highest BCUT2D eigenvalue weighted by Crippen LogP contribution is 2.40. The van der Waals surface area contributed by atoms with Gasteiger partial charge in [0.05, 0.1) is 29.8 Å². The van der Waals surface area contributed by atoms with Gasteiger partial charge in [-0.15, -0.1) is 0 Å². The Hall–Kier alpha value is -4.06. The molecule has 6 heteroatoms. The van der Waals surface area contributed by atoms with Gasteiger partial charge in [0, 0.05) is 0 Å². The van der Waals surface area contributed by atoms with Gasteiger partial charge >= 0.3 is 0 Å². The van der Waals surface area contributed by atoms with E-state index in [9.17, 15) is 9.59 Å². The van der Waals surface area contributed by atoms with Crippen LogP contribution in [0.3, 0.4) is 0 Å². The van der Waals surface area contributed by atoms with E-state index in [0.29, 0.717) is 34.6 Å². The van der Waals surface area contributed by atoms with E-state index < -0.39 is 6.04 Å². The van der Waals surface area contributed by atoms with Crippen LogP contribution in [0, 0.1) is 13.8 Å². The lowest BCUT2D eigenvalue weighted by atomic mass is 9.97. The number of hydrogen-bond acceptors (Lipinski definition) is 5. The Balaban J connectivity index is 1.73. The molecule has 0 N–H and O–H groups in total. The number of ether oxygens (including phenoxy) is 1. The molecular formula is C27H23NO5. The maximum atomic E-state index is 13.8. The fourth-order valence-electron chi connectivity index (χ4n) is 4.48. The molecule has 3 heterocycles. The quantitative estimate of drug-likeness (QED) is 0.379. The number of nitrogens with zero attached hydrogens (tertiary/aromatic N) is 1. The molecule has 2 aromatic heterocycles. The molecule has 33 heavy (non-hydrogen) atoms. The lowest BCUT2D eigenvalue weighted by Gasteiger charge is -2.24. The van der Waals surface area contributed by atoms with Crippen LogP contribution in [0.5, 0.6) is 5.75 Å².